The third kappa shape index (κ3) is 8.38. The predicted octanol–water partition coefficient (Wildman–Crippen LogP) is 3.02. The molecule has 1 aromatic carbocycles. The Bertz CT molecular complexity index is 871. The number of primary amides is 1. The fourth-order valence-electron chi connectivity index (χ4n) is 3.67. The molecule has 0 spiro atoms. The van der Waals surface area contributed by atoms with Crippen molar-refractivity contribution >= 4 is 47.2 Å². The number of guanidine groups is 1. The summed E-state index contributed by atoms with van der Waals surface area (Å²) in [5.74, 6) is 0.581. The zero-order valence-corrected chi connectivity index (χ0v) is 21.4. The number of likely N-dealkylation sites (tertiary alicyclic amines) is 1. The summed E-state index contributed by atoms with van der Waals surface area (Å²) in [7, 11) is 0. The molecule has 0 saturated carbocycles. The summed E-state index contributed by atoms with van der Waals surface area (Å²) >= 11 is 1.69. The van der Waals surface area contributed by atoms with Crippen LogP contribution in [0.15, 0.2) is 35.5 Å². The van der Waals surface area contributed by atoms with Crippen LogP contribution in [0, 0.1) is 12.8 Å². The fourth-order valence-corrected chi connectivity index (χ4v) is 4.40. The molecule has 9 heteroatoms. The summed E-state index contributed by atoms with van der Waals surface area (Å²) in [5.41, 5.74) is 7.91. The monoisotopic (exact) mass is 556 g/mol. The van der Waals surface area contributed by atoms with Crippen molar-refractivity contribution in [3.05, 3.63) is 51.5 Å². The van der Waals surface area contributed by atoms with Crippen LogP contribution >= 0.6 is 35.3 Å². The van der Waals surface area contributed by atoms with E-state index in [0.717, 1.165) is 50.0 Å². The lowest BCUT2D eigenvalue weighted by Crippen LogP contribution is -2.40. The van der Waals surface area contributed by atoms with Crippen molar-refractivity contribution in [2.45, 2.75) is 46.3 Å². The molecule has 7 nitrogen and oxygen atoms in total. The number of amides is 1. The van der Waals surface area contributed by atoms with Gasteiger partial charge in [0, 0.05) is 30.7 Å². The molecule has 1 aliphatic heterocycles. The zero-order valence-electron chi connectivity index (χ0n) is 18.3. The number of halogens is 1. The lowest BCUT2D eigenvalue weighted by atomic mass is 9.97. The Balaban J connectivity index is 0.00000341. The molecule has 2 heterocycles. The largest absolute Gasteiger partial charge is 0.369 e. The molecule has 31 heavy (non-hydrogen) atoms. The molecule has 0 aliphatic carbocycles. The van der Waals surface area contributed by atoms with E-state index in [1.807, 2.05) is 6.20 Å². The number of hydrogen-bond donors (Lipinski definition) is 3. The predicted molar refractivity (Wildman–Crippen MR) is 138 cm³/mol. The minimum atomic E-state index is -0.181. The number of hydrogen-bond acceptors (Lipinski definition) is 5. The third-order valence-electron chi connectivity index (χ3n) is 5.15. The molecule has 3 rings (SSSR count). The summed E-state index contributed by atoms with van der Waals surface area (Å²) in [6, 6.07) is 8.51. The number of aryl methyl sites for hydroxylation is 1. The molecule has 0 bridgehead atoms. The lowest BCUT2D eigenvalue weighted by molar-refractivity contribution is -0.123. The van der Waals surface area contributed by atoms with E-state index < -0.39 is 0 Å². The topological polar surface area (TPSA) is 95.6 Å². The van der Waals surface area contributed by atoms with Gasteiger partial charge >= 0.3 is 0 Å². The molecule has 4 N–H and O–H groups in total. The van der Waals surface area contributed by atoms with Gasteiger partial charge in [0.2, 0.25) is 5.91 Å². The number of nitrogens with zero attached hydrogens (tertiary/aromatic N) is 3. The van der Waals surface area contributed by atoms with Gasteiger partial charge in [-0.25, -0.2) is 9.98 Å². The molecule has 1 saturated heterocycles. The van der Waals surface area contributed by atoms with E-state index >= 15 is 0 Å². The molecule has 1 fully saturated rings. The number of carbonyl (C=O) groups is 1. The standard InChI is InChI=1S/C22H32N6OS.HI/c1-3-24-22(27-13-20-25-11-16(2)30-20)26-12-17-6-4-7-18(10-17)14-28-9-5-8-19(15-28)21(23)29;/h4,6-7,10-11,19H,3,5,8-9,12-15H2,1-2H3,(H2,23,29)(H2,24,26,27);1H. The van der Waals surface area contributed by atoms with Gasteiger partial charge in [-0.1, -0.05) is 24.3 Å². The molecule has 1 unspecified atom stereocenters. The van der Waals surface area contributed by atoms with E-state index in [4.69, 9.17) is 10.7 Å². The Labute approximate surface area is 205 Å². The molecular formula is C22H33IN6OS. The number of piperidine rings is 1. The second-order valence-corrected chi connectivity index (χ2v) is 9.03. The van der Waals surface area contributed by atoms with Gasteiger partial charge < -0.3 is 16.4 Å². The van der Waals surface area contributed by atoms with Crippen LogP contribution in [0.25, 0.3) is 0 Å². The smallest absolute Gasteiger partial charge is 0.221 e. The van der Waals surface area contributed by atoms with Crippen LogP contribution in [-0.2, 0) is 24.4 Å². The number of aromatic nitrogens is 1. The van der Waals surface area contributed by atoms with E-state index in [0.29, 0.717) is 13.1 Å². The van der Waals surface area contributed by atoms with E-state index in [2.05, 4.69) is 58.6 Å². The molecule has 170 valence electrons. The van der Waals surface area contributed by atoms with E-state index in [-0.39, 0.29) is 35.8 Å². The maximum absolute atomic E-state index is 11.5. The van der Waals surface area contributed by atoms with Gasteiger partial charge in [-0.3, -0.25) is 9.69 Å². The lowest BCUT2D eigenvalue weighted by Gasteiger charge is -2.31. The molecular weight excluding hydrogens is 523 g/mol. The van der Waals surface area contributed by atoms with Crippen LogP contribution in [-0.4, -0.2) is 41.4 Å². The normalized spacial score (nSPS) is 17.1. The average Bonchev–Trinajstić information content (AvgIpc) is 3.16. The van der Waals surface area contributed by atoms with Crippen molar-refractivity contribution in [1.82, 2.24) is 20.5 Å². The summed E-state index contributed by atoms with van der Waals surface area (Å²) in [6.45, 7) is 8.79. The third-order valence-corrected chi connectivity index (χ3v) is 6.06. The number of nitrogens with one attached hydrogen (secondary N) is 2. The SMILES string of the molecule is CCNC(=NCc1cccc(CN2CCCC(C(N)=O)C2)c1)NCc1ncc(C)s1.I. The van der Waals surface area contributed by atoms with Crippen LogP contribution < -0.4 is 16.4 Å². The van der Waals surface area contributed by atoms with Crippen molar-refractivity contribution in [3.63, 3.8) is 0 Å². The van der Waals surface area contributed by atoms with Gasteiger partial charge in [-0.05, 0) is 44.4 Å². The van der Waals surface area contributed by atoms with Crippen LogP contribution in [0.5, 0.6) is 0 Å². The Morgan fingerprint density at radius 1 is 1.35 bits per heavy atom. The first-order valence-electron chi connectivity index (χ1n) is 10.6. The summed E-state index contributed by atoms with van der Waals surface area (Å²) in [4.78, 5) is 24.2. The Morgan fingerprint density at radius 2 is 2.16 bits per heavy atom. The van der Waals surface area contributed by atoms with Gasteiger partial charge in [0.25, 0.3) is 0 Å². The summed E-state index contributed by atoms with van der Waals surface area (Å²) in [5, 5.41) is 7.69. The first-order chi connectivity index (χ1) is 14.5. The van der Waals surface area contributed by atoms with Crippen LogP contribution in [0.4, 0.5) is 0 Å². The minimum absolute atomic E-state index is 0. The first-order valence-corrected chi connectivity index (χ1v) is 11.4. The van der Waals surface area contributed by atoms with E-state index in [9.17, 15) is 4.79 Å². The number of rotatable bonds is 8. The average molecular weight is 557 g/mol. The fraction of sp³-hybridized carbons (Fsp3) is 0.500. The van der Waals surface area contributed by atoms with Crippen molar-refractivity contribution in [2.75, 3.05) is 19.6 Å². The molecule has 1 atom stereocenters. The molecule has 2 aromatic rings. The number of carbonyl (C=O) groups excluding carboxylic acids is 1. The Kier molecular flexibility index (Phi) is 10.7. The summed E-state index contributed by atoms with van der Waals surface area (Å²) in [6.07, 6.45) is 3.82. The van der Waals surface area contributed by atoms with Crippen molar-refractivity contribution < 1.29 is 4.79 Å². The van der Waals surface area contributed by atoms with Crippen LogP contribution in [0.2, 0.25) is 0 Å². The van der Waals surface area contributed by atoms with Gasteiger partial charge in [-0.15, -0.1) is 35.3 Å². The highest BCUT2D eigenvalue weighted by atomic mass is 127. The molecule has 1 amide bonds. The van der Waals surface area contributed by atoms with Crippen molar-refractivity contribution in [1.29, 1.82) is 0 Å². The van der Waals surface area contributed by atoms with E-state index in [1.54, 1.807) is 11.3 Å². The number of benzene rings is 1. The highest BCUT2D eigenvalue weighted by Crippen LogP contribution is 2.19. The second-order valence-electron chi connectivity index (χ2n) is 7.71. The van der Waals surface area contributed by atoms with Crippen LogP contribution in [0.1, 0.15) is 40.8 Å². The van der Waals surface area contributed by atoms with E-state index in [1.165, 1.54) is 16.0 Å². The van der Waals surface area contributed by atoms with Gasteiger partial charge in [0.05, 0.1) is 19.0 Å². The quantitative estimate of drug-likeness (QED) is 0.264. The zero-order chi connectivity index (χ0) is 21.3. The number of thiazole rings is 1. The minimum Gasteiger partial charge on any atom is -0.369 e. The maximum atomic E-state index is 11.5. The van der Waals surface area contributed by atoms with Gasteiger partial charge in [0.1, 0.15) is 5.01 Å². The summed E-state index contributed by atoms with van der Waals surface area (Å²) < 4.78 is 0. The highest BCUT2D eigenvalue weighted by molar-refractivity contribution is 14.0. The first kappa shape index (κ1) is 25.5. The van der Waals surface area contributed by atoms with Crippen molar-refractivity contribution in [2.24, 2.45) is 16.6 Å². The van der Waals surface area contributed by atoms with Gasteiger partial charge in [-0.2, -0.15) is 0 Å². The van der Waals surface area contributed by atoms with Crippen LogP contribution in [0.3, 0.4) is 0 Å². The maximum Gasteiger partial charge on any atom is 0.221 e. The van der Waals surface area contributed by atoms with Crippen molar-refractivity contribution in [3.8, 4) is 0 Å². The number of nitrogens with two attached hydrogens (primary N) is 1. The number of aliphatic imine (C=N–C) groups is 1. The second kappa shape index (κ2) is 13.0. The molecule has 1 aromatic heterocycles. The highest BCUT2D eigenvalue weighted by Gasteiger charge is 2.23. The molecule has 1 aliphatic rings. The molecule has 0 radical (unpaired) electrons. The van der Waals surface area contributed by atoms with Gasteiger partial charge in [0.15, 0.2) is 5.96 Å². The Morgan fingerprint density at radius 3 is 2.87 bits per heavy atom. The Hall–Kier alpha value is -1.72.